The molecule has 0 spiro atoms. The van der Waals surface area contributed by atoms with Crippen molar-refractivity contribution in [1.82, 2.24) is 14.5 Å². The van der Waals surface area contributed by atoms with E-state index in [1.54, 1.807) is 6.92 Å². The molecule has 0 unspecified atom stereocenters. The van der Waals surface area contributed by atoms with Crippen LogP contribution in [0.15, 0.2) is 61.1 Å². The summed E-state index contributed by atoms with van der Waals surface area (Å²) in [5.41, 5.74) is 3.25. The Bertz CT molecular complexity index is 1430. The normalized spacial score (nSPS) is 14.0. The van der Waals surface area contributed by atoms with E-state index in [4.69, 9.17) is 4.74 Å². The number of nitrogens with one attached hydrogen (secondary N) is 1. The standard InChI is InChI=1S/C28H29N5O4/c1-2-37-28(34)22-17-30-25(27(33(35)36)26(22)29-16-19-9-5-3-6-10-19)20-13-14-24-23(15-20)31-18-32(24)21-11-7-4-8-12-21/h3,5-6,9-10,13-15,17-18,21H,2,4,7-8,11-12,16H2,1H3,(H,29,30). The first-order valence-corrected chi connectivity index (χ1v) is 12.7. The molecule has 1 aliphatic rings. The van der Waals surface area contributed by atoms with Crippen molar-refractivity contribution >= 4 is 28.4 Å². The van der Waals surface area contributed by atoms with Crippen molar-refractivity contribution < 1.29 is 14.5 Å². The fourth-order valence-electron chi connectivity index (χ4n) is 5.05. The first-order chi connectivity index (χ1) is 18.1. The average molecular weight is 500 g/mol. The third kappa shape index (κ3) is 5.02. The second kappa shape index (κ2) is 10.8. The number of fused-ring (bicyclic) bond motifs is 1. The Kier molecular flexibility index (Phi) is 7.11. The molecule has 1 aliphatic carbocycles. The van der Waals surface area contributed by atoms with E-state index in [1.165, 1.54) is 25.5 Å². The molecule has 0 amide bonds. The van der Waals surface area contributed by atoms with Crippen molar-refractivity contribution in [2.24, 2.45) is 0 Å². The third-order valence-corrected chi connectivity index (χ3v) is 6.86. The van der Waals surface area contributed by atoms with Crippen molar-refractivity contribution in [2.75, 3.05) is 11.9 Å². The molecule has 9 nitrogen and oxygen atoms in total. The van der Waals surface area contributed by atoms with E-state index in [0.717, 1.165) is 29.4 Å². The molecule has 2 aromatic carbocycles. The Morgan fingerprint density at radius 3 is 2.65 bits per heavy atom. The van der Waals surface area contributed by atoms with Crippen LogP contribution in [0, 0.1) is 10.1 Å². The maximum atomic E-state index is 12.7. The van der Waals surface area contributed by atoms with Crippen molar-refractivity contribution in [3.63, 3.8) is 0 Å². The van der Waals surface area contributed by atoms with Crippen LogP contribution in [0.25, 0.3) is 22.3 Å². The molecule has 2 aromatic heterocycles. The highest BCUT2D eigenvalue weighted by Gasteiger charge is 2.29. The van der Waals surface area contributed by atoms with E-state index >= 15 is 0 Å². The quantitative estimate of drug-likeness (QED) is 0.172. The van der Waals surface area contributed by atoms with Crippen LogP contribution in [-0.4, -0.2) is 32.0 Å². The lowest BCUT2D eigenvalue weighted by Crippen LogP contribution is -2.13. The number of carbonyl (C=O) groups excluding carboxylic acids is 1. The van der Waals surface area contributed by atoms with Crippen LogP contribution in [0.1, 0.15) is 61.0 Å². The summed E-state index contributed by atoms with van der Waals surface area (Å²) in [6, 6.07) is 15.5. The molecule has 0 atom stereocenters. The lowest BCUT2D eigenvalue weighted by atomic mass is 9.95. The highest BCUT2D eigenvalue weighted by Crippen LogP contribution is 2.39. The number of ether oxygens (including phenoxy) is 1. The van der Waals surface area contributed by atoms with Crippen molar-refractivity contribution in [1.29, 1.82) is 0 Å². The summed E-state index contributed by atoms with van der Waals surface area (Å²) < 4.78 is 7.38. The number of hydrogen-bond donors (Lipinski definition) is 1. The predicted molar refractivity (Wildman–Crippen MR) is 141 cm³/mol. The van der Waals surface area contributed by atoms with Gasteiger partial charge in [0.15, 0.2) is 5.69 Å². The number of hydrogen-bond acceptors (Lipinski definition) is 7. The molecule has 0 bridgehead atoms. The van der Waals surface area contributed by atoms with Crippen molar-refractivity contribution in [3.8, 4) is 11.3 Å². The van der Waals surface area contributed by atoms with Gasteiger partial charge in [-0.3, -0.25) is 10.1 Å². The van der Waals surface area contributed by atoms with Crippen molar-refractivity contribution in [2.45, 2.75) is 51.6 Å². The molecule has 9 heteroatoms. The Hall–Kier alpha value is -4.27. The molecule has 1 N–H and O–H groups in total. The Morgan fingerprint density at radius 2 is 1.92 bits per heavy atom. The van der Waals surface area contributed by atoms with Gasteiger partial charge in [-0.25, -0.2) is 14.8 Å². The molecule has 0 radical (unpaired) electrons. The molecule has 190 valence electrons. The predicted octanol–water partition coefficient (Wildman–Crippen LogP) is 6.30. The SMILES string of the molecule is CCOC(=O)c1cnc(-c2ccc3c(c2)ncn3C2CCCCC2)c([N+](=O)[O-])c1NCc1ccccc1. The van der Waals surface area contributed by atoms with Crippen LogP contribution in [0.4, 0.5) is 11.4 Å². The van der Waals surface area contributed by atoms with Gasteiger partial charge in [-0.1, -0.05) is 55.7 Å². The molecule has 0 saturated heterocycles. The number of pyridine rings is 1. The molecule has 1 fully saturated rings. The summed E-state index contributed by atoms with van der Waals surface area (Å²) in [6.45, 7) is 2.13. The lowest BCUT2D eigenvalue weighted by molar-refractivity contribution is -0.383. The number of anilines is 1. The highest BCUT2D eigenvalue weighted by molar-refractivity contribution is 6.00. The zero-order chi connectivity index (χ0) is 25.8. The maximum absolute atomic E-state index is 12.7. The number of nitrogens with zero attached hydrogens (tertiary/aromatic N) is 4. The summed E-state index contributed by atoms with van der Waals surface area (Å²) in [5.74, 6) is -0.665. The Labute approximate surface area is 214 Å². The number of benzene rings is 2. The van der Waals surface area contributed by atoms with E-state index in [2.05, 4.69) is 19.9 Å². The average Bonchev–Trinajstić information content (AvgIpc) is 3.36. The molecule has 4 aromatic rings. The van der Waals surface area contributed by atoms with E-state index in [9.17, 15) is 14.9 Å². The number of imidazole rings is 1. The van der Waals surface area contributed by atoms with Crippen LogP contribution < -0.4 is 5.32 Å². The number of rotatable bonds is 8. The smallest absolute Gasteiger partial charge is 0.342 e. The van der Waals surface area contributed by atoms with Crippen LogP contribution in [-0.2, 0) is 11.3 Å². The molecule has 37 heavy (non-hydrogen) atoms. The minimum absolute atomic E-state index is 0.0240. The van der Waals surface area contributed by atoms with Gasteiger partial charge < -0.3 is 14.6 Å². The summed E-state index contributed by atoms with van der Waals surface area (Å²) in [6.07, 6.45) is 9.17. The second-order valence-electron chi connectivity index (χ2n) is 9.21. The van der Waals surface area contributed by atoms with Crippen LogP contribution in [0.2, 0.25) is 0 Å². The number of esters is 1. The maximum Gasteiger partial charge on any atom is 0.342 e. The zero-order valence-corrected chi connectivity index (χ0v) is 20.7. The van der Waals surface area contributed by atoms with Gasteiger partial charge in [-0.05, 0) is 37.5 Å². The summed E-state index contributed by atoms with van der Waals surface area (Å²) in [5, 5.41) is 15.5. The fourth-order valence-corrected chi connectivity index (χ4v) is 5.05. The minimum Gasteiger partial charge on any atom is -0.462 e. The van der Waals surface area contributed by atoms with Gasteiger partial charge in [0.05, 0.1) is 28.9 Å². The highest BCUT2D eigenvalue weighted by atomic mass is 16.6. The van der Waals surface area contributed by atoms with Gasteiger partial charge in [0, 0.05) is 24.3 Å². The largest absolute Gasteiger partial charge is 0.462 e. The molecule has 2 heterocycles. The van der Waals surface area contributed by atoms with Crippen LogP contribution in [0.3, 0.4) is 0 Å². The fraction of sp³-hybridized carbons (Fsp3) is 0.321. The molecule has 0 aliphatic heterocycles. The summed E-state index contributed by atoms with van der Waals surface area (Å²) >= 11 is 0. The monoisotopic (exact) mass is 499 g/mol. The topological polar surface area (TPSA) is 112 Å². The third-order valence-electron chi connectivity index (χ3n) is 6.86. The summed E-state index contributed by atoms with van der Waals surface area (Å²) in [7, 11) is 0. The van der Waals surface area contributed by atoms with Gasteiger partial charge in [0.2, 0.25) is 0 Å². The zero-order valence-electron chi connectivity index (χ0n) is 20.7. The van der Waals surface area contributed by atoms with Crippen LogP contribution >= 0.6 is 0 Å². The van der Waals surface area contributed by atoms with Gasteiger partial charge in [-0.2, -0.15) is 0 Å². The molecule has 5 rings (SSSR count). The van der Waals surface area contributed by atoms with Gasteiger partial charge in [0.25, 0.3) is 0 Å². The molecular weight excluding hydrogens is 470 g/mol. The summed E-state index contributed by atoms with van der Waals surface area (Å²) in [4.78, 5) is 33.6. The lowest BCUT2D eigenvalue weighted by Gasteiger charge is -2.23. The van der Waals surface area contributed by atoms with Gasteiger partial charge in [-0.15, -0.1) is 0 Å². The molecular formula is C28H29N5O4. The number of aromatic nitrogens is 3. The number of carbonyl (C=O) groups is 1. The van der Waals surface area contributed by atoms with E-state index in [1.807, 2.05) is 54.9 Å². The van der Waals surface area contributed by atoms with Crippen LogP contribution in [0.5, 0.6) is 0 Å². The van der Waals surface area contributed by atoms with E-state index in [-0.39, 0.29) is 29.2 Å². The Balaban J connectivity index is 1.58. The van der Waals surface area contributed by atoms with E-state index in [0.29, 0.717) is 18.2 Å². The van der Waals surface area contributed by atoms with Gasteiger partial charge >= 0.3 is 11.7 Å². The first kappa shape index (κ1) is 24.4. The minimum atomic E-state index is -0.665. The number of nitro groups is 1. The first-order valence-electron chi connectivity index (χ1n) is 12.7. The van der Waals surface area contributed by atoms with E-state index < -0.39 is 10.9 Å². The van der Waals surface area contributed by atoms with Crippen molar-refractivity contribution in [3.05, 3.63) is 82.3 Å². The Morgan fingerprint density at radius 1 is 1.14 bits per heavy atom. The van der Waals surface area contributed by atoms with Gasteiger partial charge in [0.1, 0.15) is 11.3 Å². The molecule has 1 saturated carbocycles. The second-order valence-corrected chi connectivity index (χ2v) is 9.21.